The van der Waals surface area contributed by atoms with Gasteiger partial charge in [0.2, 0.25) is 5.91 Å². The average Bonchev–Trinajstić information content (AvgIpc) is 2.87. The molecule has 1 fully saturated rings. The highest BCUT2D eigenvalue weighted by Gasteiger charge is 2.36. The van der Waals surface area contributed by atoms with Crippen molar-refractivity contribution in [2.45, 2.75) is 6.92 Å². The molecule has 7 nitrogen and oxygen atoms in total. The molecule has 25 heavy (non-hydrogen) atoms. The Morgan fingerprint density at radius 2 is 2.00 bits per heavy atom. The highest BCUT2D eigenvalue weighted by atomic mass is 32.2. The zero-order valence-electron chi connectivity index (χ0n) is 14.1. The predicted octanol–water partition coefficient (Wildman–Crippen LogP) is 1.57. The number of rotatable bonds is 7. The first-order chi connectivity index (χ1) is 12.0. The van der Waals surface area contributed by atoms with Gasteiger partial charge in [-0.05, 0) is 42.5 Å². The van der Waals surface area contributed by atoms with E-state index in [-0.39, 0.29) is 30.5 Å². The second-order valence-electron chi connectivity index (χ2n) is 5.24. The Kier molecular flexibility index (Phi) is 6.60. The van der Waals surface area contributed by atoms with Crippen molar-refractivity contribution in [3.8, 4) is 5.75 Å². The number of hydrogen-bond acceptors (Lipinski definition) is 6. The molecular formula is C17H20N2O5S. The molecular weight excluding hydrogens is 344 g/mol. The van der Waals surface area contributed by atoms with Crippen LogP contribution in [-0.4, -0.2) is 65.3 Å². The van der Waals surface area contributed by atoms with E-state index in [1.807, 2.05) is 0 Å². The lowest BCUT2D eigenvalue weighted by Crippen LogP contribution is -2.43. The van der Waals surface area contributed by atoms with Crippen LogP contribution in [-0.2, 0) is 9.59 Å². The normalized spacial score (nSPS) is 15.8. The number of benzene rings is 1. The van der Waals surface area contributed by atoms with Crippen LogP contribution in [0.4, 0.5) is 4.79 Å². The van der Waals surface area contributed by atoms with Crippen LogP contribution < -0.4 is 4.74 Å². The summed E-state index contributed by atoms with van der Waals surface area (Å²) in [5.41, 5.74) is 0.757. The summed E-state index contributed by atoms with van der Waals surface area (Å²) in [5.74, 6) is -0.164. The molecule has 0 spiro atoms. The fourth-order valence-electron chi connectivity index (χ4n) is 2.30. The largest absolute Gasteiger partial charge is 0.497 e. The molecule has 1 aromatic rings. The Morgan fingerprint density at radius 3 is 2.56 bits per heavy atom. The molecule has 1 N–H and O–H groups in total. The molecule has 2 rings (SSSR count). The van der Waals surface area contributed by atoms with Crippen molar-refractivity contribution in [3.63, 3.8) is 0 Å². The summed E-state index contributed by atoms with van der Waals surface area (Å²) >= 11 is 0.808. The maximum absolute atomic E-state index is 12.4. The van der Waals surface area contributed by atoms with Gasteiger partial charge in [0, 0.05) is 13.1 Å². The number of imide groups is 1. The summed E-state index contributed by atoms with van der Waals surface area (Å²) < 4.78 is 5.08. The molecule has 0 atom stereocenters. The highest BCUT2D eigenvalue weighted by molar-refractivity contribution is 8.18. The van der Waals surface area contributed by atoms with Crippen molar-refractivity contribution in [2.75, 3.05) is 33.4 Å². The van der Waals surface area contributed by atoms with E-state index in [4.69, 9.17) is 9.84 Å². The van der Waals surface area contributed by atoms with Gasteiger partial charge in [-0.2, -0.15) is 0 Å². The quantitative estimate of drug-likeness (QED) is 0.739. The summed E-state index contributed by atoms with van der Waals surface area (Å²) in [7, 11) is 1.56. The van der Waals surface area contributed by atoms with E-state index in [0.29, 0.717) is 12.3 Å². The zero-order valence-corrected chi connectivity index (χ0v) is 14.9. The Hall–Kier alpha value is -2.32. The summed E-state index contributed by atoms with van der Waals surface area (Å²) in [6.45, 7) is 1.85. The second kappa shape index (κ2) is 8.68. The molecule has 0 bridgehead atoms. The first kappa shape index (κ1) is 19.0. The fraction of sp³-hybridized carbons (Fsp3) is 0.353. The fourth-order valence-corrected chi connectivity index (χ4v) is 3.14. The van der Waals surface area contributed by atoms with Crippen molar-refractivity contribution < 1.29 is 24.2 Å². The minimum Gasteiger partial charge on any atom is -0.497 e. The van der Waals surface area contributed by atoms with Crippen LogP contribution in [0.1, 0.15) is 12.5 Å². The summed E-state index contributed by atoms with van der Waals surface area (Å²) in [4.78, 5) is 39.3. The minimum atomic E-state index is -0.487. The molecule has 134 valence electrons. The van der Waals surface area contributed by atoms with E-state index in [1.54, 1.807) is 44.4 Å². The van der Waals surface area contributed by atoms with Crippen molar-refractivity contribution in [1.82, 2.24) is 9.80 Å². The summed E-state index contributed by atoms with van der Waals surface area (Å²) in [6, 6.07) is 7.07. The van der Waals surface area contributed by atoms with Crippen LogP contribution in [0.3, 0.4) is 0 Å². The topological polar surface area (TPSA) is 87.2 Å². The van der Waals surface area contributed by atoms with Gasteiger partial charge < -0.3 is 14.7 Å². The maximum atomic E-state index is 12.4. The molecule has 0 aromatic heterocycles. The van der Waals surface area contributed by atoms with Gasteiger partial charge >= 0.3 is 0 Å². The second-order valence-corrected chi connectivity index (χ2v) is 6.23. The number of amides is 3. The van der Waals surface area contributed by atoms with Crippen LogP contribution >= 0.6 is 11.8 Å². The number of hydrogen-bond donors (Lipinski definition) is 1. The smallest absolute Gasteiger partial charge is 0.294 e. The van der Waals surface area contributed by atoms with Gasteiger partial charge in [0.15, 0.2) is 0 Å². The number of methoxy groups -OCH3 is 1. The molecule has 0 saturated carbocycles. The van der Waals surface area contributed by atoms with Gasteiger partial charge in [0.05, 0.1) is 18.6 Å². The first-order valence-corrected chi connectivity index (χ1v) is 8.59. The molecule has 1 aliphatic heterocycles. The molecule has 0 radical (unpaired) electrons. The predicted molar refractivity (Wildman–Crippen MR) is 95.0 cm³/mol. The lowest BCUT2D eigenvalue weighted by Gasteiger charge is -2.22. The molecule has 1 aromatic carbocycles. The Labute approximate surface area is 150 Å². The van der Waals surface area contributed by atoms with E-state index < -0.39 is 11.1 Å². The lowest BCUT2D eigenvalue weighted by molar-refractivity contribution is -0.136. The third-order valence-corrected chi connectivity index (χ3v) is 4.59. The first-order valence-electron chi connectivity index (χ1n) is 7.78. The minimum absolute atomic E-state index is 0.168. The number of aliphatic hydroxyl groups is 1. The van der Waals surface area contributed by atoms with Gasteiger partial charge in [-0.3, -0.25) is 19.3 Å². The van der Waals surface area contributed by atoms with E-state index in [1.165, 1.54) is 4.90 Å². The van der Waals surface area contributed by atoms with E-state index >= 15 is 0 Å². The van der Waals surface area contributed by atoms with Gasteiger partial charge in [0.25, 0.3) is 11.1 Å². The third-order valence-electron chi connectivity index (χ3n) is 3.68. The molecule has 3 amide bonds. The van der Waals surface area contributed by atoms with E-state index in [2.05, 4.69) is 0 Å². The molecule has 0 aliphatic carbocycles. The van der Waals surface area contributed by atoms with Crippen molar-refractivity contribution >= 4 is 34.9 Å². The Balaban J connectivity index is 2.10. The summed E-state index contributed by atoms with van der Waals surface area (Å²) in [5, 5.41) is 8.49. The van der Waals surface area contributed by atoms with Crippen molar-refractivity contribution in [2.24, 2.45) is 0 Å². The maximum Gasteiger partial charge on any atom is 0.294 e. The molecule has 1 heterocycles. The number of carbonyl (C=O) groups is 3. The zero-order chi connectivity index (χ0) is 18.4. The Morgan fingerprint density at radius 1 is 1.32 bits per heavy atom. The Bertz CT molecular complexity index is 687. The van der Waals surface area contributed by atoms with E-state index in [9.17, 15) is 14.4 Å². The van der Waals surface area contributed by atoms with Crippen molar-refractivity contribution in [3.05, 3.63) is 34.7 Å². The molecule has 0 unspecified atom stereocenters. The van der Waals surface area contributed by atoms with E-state index in [0.717, 1.165) is 22.2 Å². The van der Waals surface area contributed by atoms with Crippen LogP contribution in [0.15, 0.2) is 29.2 Å². The average molecular weight is 364 g/mol. The number of nitrogens with zero attached hydrogens (tertiary/aromatic N) is 2. The van der Waals surface area contributed by atoms with Crippen LogP contribution in [0.25, 0.3) is 6.08 Å². The number of aliphatic hydroxyl groups excluding tert-OH is 1. The van der Waals surface area contributed by atoms with Gasteiger partial charge in [0.1, 0.15) is 12.3 Å². The van der Waals surface area contributed by atoms with Gasteiger partial charge in [-0.1, -0.05) is 12.1 Å². The monoisotopic (exact) mass is 364 g/mol. The SMILES string of the molecule is CCN(CCO)C(=O)CN1C(=O)S/C(=C\c2ccc(OC)cc2)C1=O. The standard InChI is InChI=1S/C17H20N2O5S/c1-3-18(8-9-20)15(21)11-19-16(22)14(25-17(19)23)10-12-4-6-13(24-2)7-5-12/h4-7,10,20H,3,8-9,11H2,1-2H3/b14-10-. The van der Waals surface area contributed by atoms with Crippen LogP contribution in [0.2, 0.25) is 0 Å². The third kappa shape index (κ3) is 4.61. The van der Waals surface area contributed by atoms with Crippen LogP contribution in [0.5, 0.6) is 5.75 Å². The van der Waals surface area contributed by atoms with Crippen LogP contribution in [0, 0.1) is 0 Å². The number of ether oxygens (including phenoxy) is 1. The number of thioether (sulfide) groups is 1. The highest BCUT2D eigenvalue weighted by Crippen LogP contribution is 2.32. The molecule has 8 heteroatoms. The van der Waals surface area contributed by atoms with Crippen molar-refractivity contribution in [1.29, 1.82) is 0 Å². The number of carbonyl (C=O) groups excluding carboxylic acids is 3. The van der Waals surface area contributed by atoms with Gasteiger partial charge in [-0.15, -0.1) is 0 Å². The lowest BCUT2D eigenvalue weighted by atomic mass is 10.2. The molecule has 1 saturated heterocycles. The number of likely N-dealkylation sites (N-methyl/N-ethyl adjacent to an activating group) is 1. The molecule has 1 aliphatic rings. The van der Waals surface area contributed by atoms with Gasteiger partial charge in [-0.25, -0.2) is 0 Å². The summed E-state index contributed by atoms with van der Waals surface area (Å²) in [6.07, 6.45) is 1.61.